The van der Waals surface area contributed by atoms with Crippen LogP contribution in [0.4, 0.5) is 0 Å². The van der Waals surface area contributed by atoms with Crippen molar-refractivity contribution in [2.24, 2.45) is 33.0 Å². The first-order chi connectivity index (χ1) is 40.8. The zero-order valence-corrected chi connectivity index (χ0v) is 59.0. The van der Waals surface area contributed by atoms with Gasteiger partial charge in [-0.1, -0.05) is 296 Å². The quantitative estimate of drug-likeness (QED) is 0.148. The molecule has 0 fully saturated rings. The van der Waals surface area contributed by atoms with Crippen molar-refractivity contribution in [2.75, 3.05) is 26.4 Å². The third kappa shape index (κ3) is 28.9. The largest absolute Gasteiger partial charge is 0.490 e. The minimum atomic E-state index is -0.162. The summed E-state index contributed by atoms with van der Waals surface area (Å²) in [5.41, 5.74) is 2.04. The third-order valence-corrected chi connectivity index (χ3v) is 13.8. The second-order valence-corrected chi connectivity index (χ2v) is 25.3. The molecule has 3 unspecified atom stereocenters. The van der Waals surface area contributed by atoms with Crippen LogP contribution < -0.4 is 42.6 Å². The number of para-hydroxylation sites is 7. The van der Waals surface area contributed by atoms with Crippen molar-refractivity contribution >= 4 is 10.8 Å². The van der Waals surface area contributed by atoms with Gasteiger partial charge in [0.25, 0.3) is 0 Å². The van der Waals surface area contributed by atoms with E-state index in [9.17, 15) is 0 Å². The molecule has 11 rings (SSSR count). The fourth-order valence-electron chi connectivity index (χ4n) is 8.43. The SMILES string of the molecule is C.C.C.C.CC.CC.CC.CC.CC.CC.CC(C)(C)C1CCc2ccccc2O1.CC(C)(C)C1COc2cc3ccccc3cc2O1.CC(C)(C)C1COc2ccccc2O1.CC(C)(C)C1COc2ccccc2OC1.CC(C)(C)C1Oc2ccccc2O1. The Bertz CT molecular complexity index is 2630. The third-order valence-electron chi connectivity index (χ3n) is 13.8. The molecule has 6 aromatic carbocycles. The topological polar surface area (TPSA) is 83.1 Å². The maximum atomic E-state index is 6.08. The van der Waals surface area contributed by atoms with E-state index in [1.807, 2.05) is 174 Å². The van der Waals surface area contributed by atoms with Crippen LogP contribution in [0.2, 0.25) is 0 Å². The molecule has 514 valence electrons. The van der Waals surface area contributed by atoms with Gasteiger partial charge in [-0.2, -0.15) is 0 Å². The summed E-state index contributed by atoms with van der Waals surface area (Å²) in [5.74, 6) is 8.38. The highest BCUT2D eigenvalue weighted by atomic mass is 16.7. The molecule has 6 aromatic rings. The van der Waals surface area contributed by atoms with Gasteiger partial charge in [-0.05, 0) is 94.6 Å². The zero-order valence-electron chi connectivity index (χ0n) is 59.0. The molecular formula is C81H136O9. The molecule has 0 amide bonds. The van der Waals surface area contributed by atoms with Crippen molar-refractivity contribution in [3.63, 3.8) is 0 Å². The average molecular weight is 1250 g/mol. The Balaban J connectivity index is -0.000000488. The molecule has 5 heterocycles. The Labute approximate surface area is 555 Å². The summed E-state index contributed by atoms with van der Waals surface area (Å²) in [7, 11) is 0. The van der Waals surface area contributed by atoms with Crippen LogP contribution in [0, 0.1) is 33.0 Å². The highest BCUT2D eigenvalue weighted by molar-refractivity contribution is 5.86. The van der Waals surface area contributed by atoms with Crippen LogP contribution in [-0.4, -0.2) is 51.0 Å². The van der Waals surface area contributed by atoms with Crippen LogP contribution >= 0.6 is 0 Å². The molecule has 5 aliphatic rings. The van der Waals surface area contributed by atoms with Crippen molar-refractivity contribution in [3.05, 3.63) is 139 Å². The lowest BCUT2D eigenvalue weighted by Crippen LogP contribution is -2.39. The van der Waals surface area contributed by atoms with Gasteiger partial charge in [0.15, 0.2) is 46.0 Å². The number of aryl methyl sites for hydroxylation is 1. The summed E-state index contributed by atoms with van der Waals surface area (Å²) in [6.07, 6.45) is 2.73. The highest BCUT2D eigenvalue weighted by Crippen LogP contribution is 2.42. The molecule has 0 saturated heterocycles. The Morgan fingerprint density at radius 3 is 0.944 bits per heavy atom. The number of hydrogen-bond acceptors (Lipinski definition) is 9. The fourth-order valence-corrected chi connectivity index (χ4v) is 8.43. The molecule has 9 nitrogen and oxygen atoms in total. The smallest absolute Gasteiger partial charge is 0.246 e. The predicted molar refractivity (Wildman–Crippen MR) is 394 cm³/mol. The van der Waals surface area contributed by atoms with E-state index in [1.54, 1.807) is 0 Å². The fraction of sp³-hybridized carbons (Fsp3) is 0.580. The molecule has 0 saturated carbocycles. The standard InChI is InChI=1S/C16H18O2.C13H18O2.C13H18O.C12H16O2.C11H14O2.6C2H6.4CH4/c1-16(2,3)15-10-17-13-8-11-6-4-5-7-12(11)9-14(13)18-15;1-13(2,3)10-8-14-11-6-4-5-7-12(11)15-9-10;1-13(2,3)12-9-8-10-6-4-5-7-11(10)14-12;1-12(2,3)11-8-13-9-6-4-5-7-10(9)14-11;1-11(2,3)10-12-8-6-4-5-7-9(8)13-10;6*1-2;;;;/h4-9,15H,10H2,1-3H3;4-7,10H,8-9H2,1-3H3;4-7,12H,8-9H2,1-3H3;4-7,11H,8H2,1-3H3;4-7,10H,1-3H3;6*1-2H3;4*1H4. The average Bonchev–Trinajstić information content (AvgIpc) is 1.15. The first-order valence-electron chi connectivity index (χ1n) is 32.5. The van der Waals surface area contributed by atoms with E-state index in [4.69, 9.17) is 42.6 Å². The van der Waals surface area contributed by atoms with E-state index in [0.29, 0.717) is 25.2 Å². The molecule has 0 radical (unpaired) electrons. The summed E-state index contributed by atoms with van der Waals surface area (Å²) in [6, 6.07) is 44.2. The van der Waals surface area contributed by atoms with Crippen molar-refractivity contribution in [2.45, 2.75) is 254 Å². The summed E-state index contributed by atoms with van der Waals surface area (Å²) in [6.45, 7) is 59.4. The molecule has 0 bridgehead atoms. The highest BCUT2D eigenvalue weighted by Gasteiger charge is 2.36. The Morgan fingerprint density at radius 2 is 0.567 bits per heavy atom. The molecule has 9 heteroatoms. The summed E-state index contributed by atoms with van der Waals surface area (Å²) in [4.78, 5) is 0. The van der Waals surface area contributed by atoms with Crippen LogP contribution in [-0.2, 0) is 6.42 Å². The van der Waals surface area contributed by atoms with Gasteiger partial charge in [0.1, 0.15) is 37.3 Å². The van der Waals surface area contributed by atoms with Crippen LogP contribution in [0.1, 0.15) is 229 Å². The minimum absolute atomic E-state index is 0. The van der Waals surface area contributed by atoms with E-state index in [2.05, 4.69) is 146 Å². The molecule has 0 N–H and O–H groups in total. The molecular weight excluding hydrogens is 1120 g/mol. The van der Waals surface area contributed by atoms with Gasteiger partial charge in [0.2, 0.25) is 6.29 Å². The van der Waals surface area contributed by atoms with Crippen LogP contribution in [0.3, 0.4) is 0 Å². The predicted octanol–water partition coefficient (Wildman–Crippen LogP) is 25.0. The lowest BCUT2D eigenvalue weighted by molar-refractivity contribution is -0.0396. The normalized spacial score (nSPS) is 15.9. The Morgan fingerprint density at radius 1 is 0.278 bits per heavy atom. The van der Waals surface area contributed by atoms with Crippen molar-refractivity contribution in [1.82, 2.24) is 0 Å². The first-order valence-corrected chi connectivity index (χ1v) is 32.5. The molecule has 90 heavy (non-hydrogen) atoms. The van der Waals surface area contributed by atoms with Crippen LogP contribution in [0.25, 0.3) is 10.8 Å². The Kier molecular flexibility index (Phi) is 44.4. The first kappa shape index (κ1) is 90.2. The van der Waals surface area contributed by atoms with Crippen molar-refractivity contribution < 1.29 is 42.6 Å². The molecule has 0 spiro atoms. The van der Waals surface area contributed by atoms with E-state index in [-0.39, 0.29) is 75.3 Å². The Hall–Kier alpha value is -6.22. The maximum absolute atomic E-state index is 6.08. The number of hydrogen-bond donors (Lipinski definition) is 0. The molecule has 0 aromatic heterocycles. The van der Waals surface area contributed by atoms with Gasteiger partial charge < -0.3 is 42.6 Å². The minimum Gasteiger partial charge on any atom is -0.490 e. The summed E-state index contributed by atoms with van der Waals surface area (Å²) < 4.78 is 52.3. The summed E-state index contributed by atoms with van der Waals surface area (Å²) in [5, 5.41) is 2.38. The van der Waals surface area contributed by atoms with Gasteiger partial charge in [0.05, 0.1) is 13.2 Å². The van der Waals surface area contributed by atoms with E-state index < -0.39 is 0 Å². The van der Waals surface area contributed by atoms with Gasteiger partial charge in [-0.3, -0.25) is 0 Å². The van der Waals surface area contributed by atoms with Gasteiger partial charge in [-0.15, -0.1) is 0 Å². The monoisotopic (exact) mass is 1250 g/mol. The molecule has 0 aliphatic carbocycles. The second-order valence-electron chi connectivity index (χ2n) is 25.3. The second kappa shape index (κ2) is 44.3. The van der Waals surface area contributed by atoms with Gasteiger partial charge >= 0.3 is 0 Å². The van der Waals surface area contributed by atoms with E-state index in [0.717, 1.165) is 77.8 Å². The maximum Gasteiger partial charge on any atom is 0.246 e. The lowest BCUT2D eigenvalue weighted by atomic mass is 9.82. The number of benzene rings is 6. The lowest BCUT2D eigenvalue weighted by Gasteiger charge is -2.35. The summed E-state index contributed by atoms with van der Waals surface area (Å²) >= 11 is 0. The number of rotatable bonds is 0. The molecule has 5 aliphatic heterocycles. The van der Waals surface area contributed by atoms with Gasteiger partial charge in [0, 0.05) is 22.2 Å². The van der Waals surface area contributed by atoms with E-state index in [1.165, 1.54) is 16.3 Å². The van der Waals surface area contributed by atoms with Crippen molar-refractivity contribution in [3.8, 4) is 51.7 Å². The van der Waals surface area contributed by atoms with Gasteiger partial charge in [-0.25, -0.2) is 0 Å². The van der Waals surface area contributed by atoms with Crippen molar-refractivity contribution in [1.29, 1.82) is 0 Å². The zero-order chi connectivity index (χ0) is 65.5. The van der Waals surface area contributed by atoms with E-state index >= 15 is 0 Å². The number of ether oxygens (including phenoxy) is 9. The molecule has 3 atom stereocenters. The van der Waals surface area contributed by atoms with Crippen LogP contribution in [0.15, 0.2) is 133 Å². The number of fused-ring (bicyclic) bond motifs is 6. The van der Waals surface area contributed by atoms with Crippen LogP contribution in [0.5, 0.6) is 51.7 Å².